The SMILES string of the molecule is COC(=O)CC(=O)N1CCN(S(=O)(=O)c2cnc3n2[C@](C)(Cc2ccc(Br)cc2)C(=O)N3c2cc(Cl)cc(Cl)c2)CC1. The standard InChI is InChI=1S/C27H26BrCl2N5O6S/c1-27(15-17-3-5-18(28)6-4-17)25(38)34(21-12-19(29)11-20(30)13-21)26-31-16-23(35(26)27)42(39,40)33-9-7-32(8-10-33)22(36)14-24(37)41-2/h3-6,11-13,16H,7-10,14-15H2,1-2H3/t27-/m1/s1. The van der Waals surface area contributed by atoms with Gasteiger partial charge in [0.05, 0.1) is 19.0 Å². The fourth-order valence-electron chi connectivity index (χ4n) is 5.23. The minimum Gasteiger partial charge on any atom is -0.469 e. The van der Waals surface area contributed by atoms with Crippen LogP contribution in [0.15, 0.2) is 58.2 Å². The summed E-state index contributed by atoms with van der Waals surface area (Å²) in [5.41, 5.74) is -0.221. The van der Waals surface area contributed by atoms with E-state index in [-0.39, 0.29) is 43.6 Å². The number of nitrogens with zero attached hydrogens (tertiary/aromatic N) is 5. The van der Waals surface area contributed by atoms with Crippen LogP contribution < -0.4 is 4.90 Å². The van der Waals surface area contributed by atoms with E-state index >= 15 is 0 Å². The van der Waals surface area contributed by atoms with Gasteiger partial charge in [0.15, 0.2) is 5.03 Å². The van der Waals surface area contributed by atoms with Gasteiger partial charge in [-0.25, -0.2) is 18.3 Å². The van der Waals surface area contributed by atoms with Crippen LogP contribution in [0.4, 0.5) is 11.6 Å². The van der Waals surface area contributed by atoms with E-state index in [1.807, 2.05) is 24.3 Å². The van der Waals surface area contributed by atoms with Crippen LogP contribution in [-0.4, -0.2) is 78.2 Å². The molecule has 0 unspecified atom stereocenters. The number of hydrogen-bond donors (Lipinski definition) is 0. The lowest BCUT2D eigenvalue weighted by atomic mass is 9.92. The fraction of sp³-hybridized carbons (Fsp3) is 0.333. The number of anilines is 2. The van der Waals surface area contributed by atoms with Gasteiger partial charge in [-0.1, -0.05) is 51.3 Å². The maximum absolute atomic E-state index is 14.2. The number of esters is 1. The zero-order valence-corrected chi connectivity index (χ0v) is 26.5. The summed E-state index contributed by atoms with van der Waals surface area (Å²) in [5.74, 6) is -1.39. The summed E-state index contributed by atoms with van der Waals surface area (Å²) in [4.78, 5) is 45.3. The second kappa shape index (κ2) is 11.6. The van der Waals surface area contributed by atoms with Crippen LogP contribution in [0.5, 0.6) is 0 Å². The molecule has 5 rings (SSSR count). The van der Waals surface area contributed by atoms with E-state index in [9.17, 15) is 22.8 Å². The van der Waals surface area contributed by atoms with Crippen molar-refractivity contribution in [1.82, 2.24) is 18.8 Å². The molecule has 2 aliphatic rings. The number of carbonyl (C=O) groups is 3. The first-order valence-corrected chi connectivity index (χ1v) is 15.8. The van der Waals surface area contributed by atoms with E-state index < -0.39 is 39.8 Å². The fourth-order valence-corrected chi connectivity index (χ4v) is 7.62. The number of rotatable bonds is 7. The molecule has 1 fully saturated rings. The molecule has 2 aliphatic heterocycles. The zero-order chi connectivity index (χ0) is 30.4. The molecule has 2 amide bonds. The van der Waals surface area contributed by atoms with Gasteiger partial charge in [-0.15, -0.1) is 0 Å². The highest BCUT2D eigenvalue weighted by atomic mass is 79.9. The topological polar surface area (TPSA) is 122 Å². The van der Waals surface area contributed by atoms with Gasteiger partial charge in [0.25, 0.3) is 15.9 Å². The number of carbonyl (C=O) groups excluding carboxylic acids is 3. The third-order valence-corrected chi connectivity index (χ3v) is 10.2. The molecule has 0 bridgehead atoms. The summed E-state index contributed by atoms with van der Waals surface area (Å²) in [5, 5.41) is 0.449. The summed E-state index contributed by atoms with van der Waals surface area (Å²) in [6, 6.07) is 12.1. The second-order valence-electron chi connectivity index (χ2n) is 10.1. The minimum absolute atomic E-state index is 0.000742. The Morgan fingerprint density at radius 3 is 2.26 bits per heavy atom. The van der Waals surface area contributed by atoms with Gasteiger partial charge in [-0.05, 0) is 42.8 Å². The summed E-state index contributed by atoms with van der Waals surface area (Å²) in [6.07, 6.45) is 0.996. The number of sulfonamides is 1. The third kappa shape index (κ3) is 5.55. The molecule has 15 heteroatoms. The number of imidazole rings is 1. The molecule has 0 aliphatic carbocycles. The quantitative estimate of drug-likeness (QED) is 0.270. The number of hydrogen-bond acceptors (Lipinski definition) is 7. The molecule has 3 aromatic rings. The highest BCUT2D eigenvalue weighted by Gasteiger charge is 2.52. The number of methoxy groups -OCH3 is 1. The largest absolute Gasteiger partial charge is 0.469 e. The van der Waals surface area contributed by atoms with Gasteiger partial charge in [-0.2, -0.15) is 4.31 Å². The zero-order valence-electron chi connectivity index (χ0n) is 22.6. The number of fused-ring (bicyclic) bond motifs is 1. The minimum atomic E-state index is -4.17. The predicted octanol–water partition coefficient (Wildman–Crippen LogP) is 3.98. The Morgan fingerprint density at radius 2 is 1.67 bits per heavy atom. The highest BCUT2D eigenvalue weighted by Crippen LogP contribution is 2.45. The molecule has 0 N–H and O–H groups in total. The number of ether oxygens (including phenoxy) is 1. The van der Waals surface area contributed by atoms with Crippen LogP contribution in [0, 0.1) is 0 Å². The van der Waals surface area contributed by atoms with E-state index in [1.165, 1.54) is 38.0 Å². The Kier molecular flexibility index (Phi) is 8.42. The molecular formula is C27H26BrCl2N5O6S. The summed E-state index contributed by atoms with van der Waals surface area (Å²) < 4.78 is 36.2. The first kappa shape index (κ1) is 30.5. The van der Waals surface area contributed by atoms with Crippen LogP contribution in [0.3, 0.4) is 0 Å². The lowest BCUT2D eigenvalue weighted by Crippen LogP contribution is -2.51. The van der Waals surface area contributed by atoms with E-state index in [1.54, 1.807) is 19.1 Å². The van der Waals surface area contributed by atoms with Crippen molar-refractivity contribution in [3.63, 3.8) is 0 Å². The lowest BCUT2D eigenvalue weighted by molar-refractivity contribution is -0.147. The Labute approximate surface area is 261 Å². The van der Waals surface area contributed by atoms with Gasteiger partial charge in [0.2, 0.25) is 11.9 Å². The first-order valence-electron chi connectivity index (χ1n) is 12.8. The molecule has 0 spiro atoms. The predicted molar refractivity (Wildman–Crippen MR) is 159 cm³/mol. The molecule has 0 saturated carbocycles. The van der Waals surface area contributed by atoms with E-state index in [2.05, 4.69) is 25.7 Å². The van der Waals surface area contributed by atoms with Crippen molar-refractivity contribution >= 4 is 78.6 Å². The molecule has 2 aromatic carbocycles. The smallest absolute Gasteiger partial charge is 0.315 e. The monoisotopic (exact) mass is 697 g/mol. The van der Waals surface area contributed by atoms with Crippen LogP contribution >= 0.6 is 39.1 Å². The van der Waals surface area contributed by atoms with Gasteiger partial charge < -0.3 is 9.64 Å². The second-order valence-corrected chi connectivity index (χ2v) is 13.8. The van der Waals surface area contributed by atoms with Crippen molar-refractivity contribution in [2.24, 2.45) is 0 Å². The van der Waals surface area contributed by atoms with Crippen molar-refractivity contribution in [2.45, 2.75) is 30.3 Å². The third-order valence-electron chi connectivity index (χ3n) is 7.35. The highest BCUT2D eigenvalue weighted by molar-refractivity contribution is 9.10. The van der Waals surface area contributed by atoms with E-state index in [4.69, 9.17) is 23.2 Å². The molecule has 3 heterocycles. The van der Waals surface area contributed by atoms with Crippen molar-refractivity contribution in [3.05, 3.63) is 68.7 Å². The van der Waals surface area contributed by atoms with Gasteiger partial charge in [0, 0.05) is 47.1 Å². The number of aromatic nitrogens is 2. The van der Waals surface area contributed by atoms with Gasteiger partial charge >= 0.3 is 5.97 Å². The van der Waals surface area contributed by atoms with Crippen LogP contribution in [-0.2, 0) is 41.1 Å². The average Bonchev–Trinajstić information content (AvgIpc) is 3.47. The molecular weight excluding hydrogens is 673 g/mol. The van der Waals surface area contributed by atoms with Crippen molar-refractivity contribution in [3.8, 4) is 0 Å². The average molecular weight is 699 g/mol. The van der Waals surface area contributed by atoms with Crippen molar-refractivity contribution in [1.29, 1.82) is 0 Å². The Morgan fingerprint density at radius 1 is 1.05 bits per heavy atom. The molecule has 1 atom stereocenters. The summed E-state index contributed by atoms with van der Waals surface area (Å²) >= 11 is 15.9. The van der Waals surface area contributed by atoms with Crippen LogP contribution in [0.2, 0.25) is 10.0 Å². The molecule has 42 heavy (non-hydrogen) atoms. The van der Waals surface area contributed by atoms with E-state index in [0.29, 0.717) is 15.7 Å². The number of benzene rings is 2. The Balaban J connectivity index is 1.53. The molecule has 222 valence electrons. The first-order chi connectivity index (χ1) is 19.8. The van der Waals surface area contributed by atoms with Gasteiger partial charge in [-0.3, -0.25) is 19.0 Å². The molecule has 1 aromatic heterocycles. The Hall–Kier alpha value is -2.97. The van der Waals surface area contributed by atoms with Crippen molar-refractivity contribution in [2.75, 3.05) is 38.2 Å². The normalized spacial score (nSPS) is 19.2. The number of amides is 2. The van der Waals surface area contributed by atoms with Crippen LogP contribution in [0.1, 0.15) is 18.9 Å². The maximum Gasteiger partial charge on any atom is 0.315 e. The van der Waals surface area contributed by atoms with Crippen molar-refractivity contribution < 1.29 is 27.5 Å². The van der Waals surface area contributed by atoms with Crippen LogP contribution in [0.25, 0.3) is 0 Å². The summed E-state index contributed by atoms with van der Waals surface area (Å²) in [6.45, 7) is 1.87. The molecule has 1 saturated heterocycles. The Bertz CT molecular complexity index is 1650. The summed E-state index contributed by atoms with van der Waals surface area (Å²) in [7, 11) is -2.97. The molecule has 0 radical (unpaired) electrons. The number of halogens is 3. The number of piperazine rings is 1. The lowest BCUT2D eigenvalue weighted by Gasteiger charge is -2.34. The maximum atomic E-state index is 14.2. The van der Waals surface area contributed by atoms with E-state index in [0.717, 1.165) is 10.0 Å². The molecule has 11 nitrogen and oxygen atoms in total. The van der Waals surface area contributed by atoms with Gasteiger partial charge in [0.1, 0.15) is 12.0 Å².